The lowest BCUT2D eigenvalue weighted by Gasteiger charge is -2.07. The van der Waals surface area contributed by atoms with E-state index in [0.717, 1.165) is 5.56 Å². The van der Waals surface area contributed by atoms with Crippen LogP contribution >= 0.6 is 11.8 Å². The van der Waals surface area contributed by atoms with Crippen molar-refractivity contribution in [2.75, 3.05) is 14.2 Å². The van der Waals surface area contributed by atoms with Gasteiger partial charge in [0.25, 0.3) is 5.91 Å². The number of aromatic hydroxyl groups is 1. The number of amides is 1. The molecule has 26 heavy (non-hydrogen) atoms. The molecule has 0 aromatic heterocycles. The maximum atomic E-state index is 12.4. The summed E-state index contributed by atoms with van der Waals surface area (Å²) >= 11 is 1.23. The Hall–Kier alpha value is -3.06. The van der Waals surface area contributed by atoms with Crippen molar-refractivity contribution in [2.24, 2.45) is 4.99 Å². The Balaban J connectivity index is 1.89. The number of thioether (sulfide) groups is 1. The number of phenols is 1. The molecule has 0 saturated carbocycles. The van der Waals surface area contributed by atoms with Crippen LogP contribution in [0.1, 0.15) is 15.9 Å². The largest absolute Gasteiger partial charge is 0.508 e. The molecule has 7 heteroatoms. The van der Waals surface area contributed by atoms with Gasteiger partial charge in [-0.3, -0.25) is 9.69 Å². The molecule has 132 valence electrons. The van der Waals surface area contributed by atoms with Gasteiger partial charge in [0.05, 0.1) is 23.3 Å². The van der Waals surface area contributed by atoms with Gasteiger partial charge >= 0.3 is 5.97 Å². The normalized spacial score (nSPS) is 17.2. The van der Waals surface area contributed by atoms with Crippen molar-refractivity contribution in [1.29, 1.82) is 0 Å². The van der Waals surface area contributed by atoms with E-state index >= 15 is 0 Å². The first-order chi connectivity index (χ1) is 12.5. The molecule has 2 aromatic rings. The topological polar surface area (TPSA) is 79.2 Å². The minimum atomic E-state index is -0.444. The molecule has 3 rings (SSSR count). The maximum Gasteiger partial charge on any atom is 0.337 e. The van der Waals surface area contributed by atoms with Gasteiger partial charge in [-0.2, -0.15) is 0 Å². The van der Waals surface area contributed by atoms with E-state index in [0.29, 0.717) is 21.3 Å². The van der Waals surface area contributed by atoms with Gasteiger partial charge in [0.1, 0.15) is 5.75 Å². The zero-order valence-corrected chi connectivity index (χ0v) is 15.0. The van der Waals surface area contributed by atoms with Crippen molar-refractivity contribution in [3.8, 4) is 5.75 Å². The Bertz CT molecular complexity index is 937. The average molecular weight is 368 g/mol. The molecular weight excluding hydrogens is 352 g/mol. The molecule has 0 bridgehead atoms. The lowest BCUT2D eigenvalue weighted by molar-refractivity contribution is -0.121. The summed E-state index contributed by atoms with van der Waals surface area (Å²) < 4.78 is 4.71. The molecule has 0 aliphatic carbocycles. The number of esters is 1. The predicted octanol–water partition coefficient (Wildman–Crippen LogP) is 3.41. The maximum absolute atomic E-state index is 12.4. The zero-order chi connectivity index (χ0) is 18.7. The molecule has 2 aromatic carbocycles. The fourth-order valence-electron chi connectivity index (χ4n) is 2.35. The molecule has 1 aliphatic rings. The van der Waals surface area contributed by atoms with E-state index in [4.69, 9.17) is 4.74 Å². The lowest BCUT2D eigenvalue weighted by atomic mass is 10.2. The van der Waals surface area contributed by atoms with E-state index in [2.05, 4.69) is 4.99 Å². The van der Waals surface area contributed by atoms with Crippen molar-refractivity contribution in [2.45, 2.75) is 0 Å². The molecule has 1 N–H and O–H groups in total. The zero-order valence-electron chi connectivity index (χ0n) is 14.2. The summed E-state index contributed by atoms with van der Waals surface area (Å²) in [4.78, 5) is 30.5. The molecule has 6 nitrogen and oxygen atoms in total. The standard InChI is InChI=1S/C19H16N2O4S/c1-21-17(23)16(10-12-5-3-8-15(22)9-12)26-19(21)20-14-7-4-6-13(11-14)18(24)25-2/h3-11,22H,1-2H3. The highest BCUT2D eigenvalue weighted by Crippen LogP contribution is 2.33. The summed E-state index contributed by atoms with van der Waals surface area (Å²) in [6.45, 7) is 0. The Labute approximate surface area is 154 Å². The van der Waals surface area contributed by atoms with Crippen LogP contribution in [0.25, 0.3) is 6.08 Å². The summed E-state index contributed by atoms with van der Waals surface area (Å²) in [5.41, 5.74) is 1.67. The number of phenolic OH excluding ortho intramolecular Hbond substituents is 1. The summed E-state index contributed by atoms with van der Waals surface area (Å²) in [6.07, 6.45) is 1.70. The van der Waals surface area contributed by atoms with Gasteiger partial charge in [-0.05, 0) is 53.7 Å². The van der Waals surface area contributed by atoms with Gasteiger partial charge in [0, 0.05) is 7.05 Å². The quantitative estimate of drug-likeness (QED) is 0.663. The Kier molecular flexibility index (Phi) is 5.09. The number of hydrogen-bond acceptors (Lipinski definition) is 6. The van der Waals surface area contributed by atoms with Gasteiger partial charge < -0.3 is 9.84 Å². The number of likely N-dealkylation sites (N-methyl/N-ethyl adjacent to an activating group) is 1. The highest BCUT2D eigenvalue weighted by molar-refractivity contribution is 8.18. The SMILES string of the molecule is COC(=O)c1cccc(N=C2SC(=Cc3cccc(O)c3)C(=O)N2C)c1. The minimum absolute atomic E-state index is 0.136. The van der Waals surface area contributed by atoms with Crippen LogP contribution in [-0.4, -0.2) is 41.2 Å². The van der Waals surface area contributed by atoms with Crippen LogP contribution in [0.5, 0.6) is 5.75 Å². The van der Waals surface area contributed by atoms with Crippen LogP contribution in [0.2, 0.25) is 0 Å². The number of nitrogens with zero attached hydrogens (tertiary/aromatic N) is 2. The van der Waals surface area contributed by atoms with E-state index in [1.807, 2.05) is 0 Å². The van der Waals surface area contributed by atoms with E-state index < -0.39 is 5.97 Å². The van der Waals surface area contributed by atoms with Crippen molar-refractivity contribution in [3.63, 3.8) is 0 Å². The second kappa shape index (κ2) is 7.45. The summed E-state index contributed by atoms with van der Waals surface area (Å²) in [7, 11) is 2.96. The van der Waals surface area contributed by atoms with Crippen molar-refractivity contribution < 1.29 is 19.4 Å². The van der Waals surface area contributed by atoms with Gasteiger partial charge in [0.15, 0.2) is 5.17 Å². The minimum Gasteiger partial charge on any atom is -0.508 e. The number of aliphatic imine (C=N–C) groups is 1. The number of benzene rings is 2. The second-order valence-electron chi connectivity index (χ2n) is 5.51. The molecule has 0 radical (unpaired) electrons. The van der Waals surface area contributed by atoms with E-state index in [9.17, 15) is 14.7 Å². The van der Waals surface area contributed by atoms with Crippen molar-refractivity contribution in [1.82, 2.24) is 4.90 Å². The molecule has 0 unspecified atom stereocenters. The van der Waals surface area contributed by atoms with Gasteiger partial charge in [0.2, 0.25) is 0 Å². The second-order valence-corrected chi connectivity index (χ2v) is 6.52. The van der Waals surface area contributed by atoms with Crippen LogP contribution in [0.4, 0.5) is 5.69 Å². The summed E-state index contributed by atoms with van der Waals surface area (Å²) in [5.74, 6) is -0.488. The van der Waals surface area contributed by atoms with Crippen LogP contribution in [-0.2, 0) is 9.53 Å². The third-order valence-corrected chi connectivity index (χ3v) is 4.72. The average Bonchev–Trinajstić information content (AvgIpc) is 2.89. The molecular formula is C19H16N2O4S. The van der Waals surface area contributed by atoms with Gasteiger partial charge in [-0.15, -0.1) is 0 Å². The number of hydrogen-bond donors (Lipinski definition) is 1. The molecule has 1 heterocycles. The molecule has 1 aliphatic heterocycles. The first kappa shape index (κ1) is 17.8. The van der Waals surface area contributed by atoms with Crippen LogP contribution in [0.15, 0.2) is 58.4 Å². The molecule has 0 atom stereocenters. The summed E-state index contributed by atoms with van der Waals surface area (Å²) in [5, 5.41) is 10.1. The van der Waals surface area contributed by atoms with E-state index in [1.54, 1.807) is 61.7 Å². The fourth-order valence-corrected chi connectivity index (χ4v) is 3.34. The fraction of sp³-hybridized carbons (Fsp3) is 0.105. The smallest absolute Gasteiger partial charge is 0.337 e. The number of rotatable bonds is 3. The highest BCUT2D eigenvalue weighted by Gasteiger charge is 2.30. The van der Waals surface area contributed by atoms with Gasteiger partial charge in [-0.25, -0.2) is 9.79 Å². The van der Waals surface area contributed by atoms with Gasteiger partial charge in [-0.1, -0.05) is 18.2 Å². The van der Waals surface area contributed by atoms with E-state index in [-0.39, 0.29) is 11.7 Å². The van der Waals surface area contributed by atoms with E-state index in [1.165, 1.54) is 23.8 Å². The summed E-state index contributed by atoms with van der Waals surface area (Å²) in [6, 6.07) is 13.4. The lowest BCUT2D eigenvalue weighted by Crippen LogP contribution is -2.23. The third kappa shape index (κ3) is 3.78. The Morgan fingerprint density at radius 3 is 2.73 bits per heavy atom. The third-order valence-electron chi connectivity index (χ3n) is 3.66. The number of amidine groups is 1. The number of carbonyl (C=O) groups is 2. The molecule has 1 saturated heterocycles. The van der Waals surface area contributed by atoms with Crippen molar-refractivity contribution in [3.05, 3.63) is 64.6 Å². The number of methoxy groups -OCH3 is 1. The number of carbonyl (C=O) groups excluding carboxylic acids is 2. The van der Waals surface area contributed by atoms with Crippen LogP contribution in [0, 0.1) is 0 Å². The highest BCUT2D eigenvalue weighted by atomic mass is 32.2. The van der Waals surface area contributed by atoms with Crippen LogP contribution < -0.4 is 0 Å². The monoisotopic (exact) mass is 368 g/mol. The predicted molar refractivity (Wildman–Crippen MR) is 101 cm³/mol. The number of ether oxygens (including phenoxy) is 1. The first-order valence-corrected chi connectivity index (χ1v) is 8.53. The molecule has 0 spiro atoms. The Morgan fingerprint density at radius 2 is 2.00 bits per heavy atom. The Morgan fingerprint density at radius 1 is 1.23 bits per heavy atom. The molecule has 1 fully saturated rings. The van der Waals surface area contributed by atoms with Crippen LogP contribution in [0.3, 0.4) is 0 Å². The first-order valence-electron chi connectivity index (χ1n) is 7.71. The van der Waals surface area contributed by atoms with Crippen molar-refractivity contribution >= 4 is 40.6 Å². The molecule has 1 amide bonds.